The van der Waals surface area contributed by atoms with E-state index in [-0.39, 0.29) is 0 Å². The Bertz CT molecular complexity index is 1270. The van der Waals surface area contributed by atoms with Gasteiger partial charge in [-0.15, -0.1) is 0 Å². The fraction of sp³-hybridized carbons (Fsp3) is 0.200. The molecule has 4 N–H and O–H groups in total. The monoisotopic (exact) mass is 608 g/mol. The summed E-state index contributed by atoms with van der Waals surface area (Å²) in [5, 5.41) is 0. The molecule has 0 heterocycles. The highest BCUT2D eigenvalue weighted by atomic mass is 79.9. The average Bonchev–Trinajstić information content (AvgIpc) is 2.88. The van der Waals surface area contributed by atoms with Crippen molar-refractivity contribution in [2.45, 2.75) is 40.2 Å². The molecule has 0 spiro atoms. The Morgan fingerprint density at radius 3 is 1.39 bits per heavy atom. The fourth-order valence-electron chi connectivity index (χ4n) is 4.15. The van der Waals surface area contributed by atoms with Crippen LogP contribution in [0.5, 0.6) is 11.5 Å². The van der Waals surface area contributed by atoms with Gasteiger partial charge in [-0.3, -0.25) is 0 Å². The molecule has 4 aromatic rings. The third kappa shape index (κ3) is 6.01. The molecule has 0 aliphatic carbocycles. The van der Waals surface area contributed by atoms with Crippen LogP contribution >= 0.6 is 31.9 Å². The van der Waals surface area contributed by atoms with Gasteiger partial charge in [-0.25, -0.2) is 0 Å². The van der Waals surface area contributed by atoms with Gasteiger partial charge >= 0.3 is 0 Å². The average molecular weight is 610 g/mol. The van der Waals surface area contributed by atoms with E-state index in [1.54, 1.807) is 0 Å². The summed E-state index contributed by atoms with van der Waals surface area (Å²) in [6.07, 6.45) is 0. The third-order valence-electron chi connectivity index (χ3n) is 6.41. The SMILES string of the molecule is Cc1c(COc2ccc(CN)cc2Br)cccc1-c1cccc(COc2ccc(CN)cc2Br)c1C. The molecule has 4 rings (SSSR count). The van der Waals surface area contributed by atoms with Gasteiger partial charge in [-0.2, -0.15) is 0 Å². The summed E-state index contributed by atoms with van der Waals surface area (Å²) in [6.45, 7) is 6.27. The maximum Gasteiger partial charge on any atom is 0.134 e. The maximum atomic E-state index is 6.14. The topological polar surface area (TPSA) is 70.5 Å². The number of benzene rings is 4. The van der Waals surface area contributed by atoms with Gasteiger partial charge in [-0.05, 0) is 114 Å². The smallest absolute Gasteiger partial charge is 0.134 e. The molecule has 0 bridgehead atoms. The van der Waals surface area contributed by atoms with Gasteiger partial charge in [0.15, 0.2) is 0 Å². The van der Waals surface area contributed by atoms with E-state index in [1.165, 1.54) is 22.3 Å². The molecule has 0 aliphatic rings. The predicted molar refractivity (Wildman–Crippen MR) is 154 cm³/mol. The minimum absolute atomic E-state index is 0.481. The fourth-order valence-corrected chi connectivity index (χ4v) is 5.23. The molecule has 0 aliphatic heterocycles. The number of nitrogens with two attached hydrogens (primary N) is 2. The molecule has 0 radical (unpaired) electrons. The Morgan fingerprint density at radius 1 is 0.611 bits per heavy atom. The summed E-state index contributed by atoms with van der Waals surface area (Å²) in [5.74, 6) is 1.61. The van der Waals surface area contributed by atoms with E-state index < -0.39 is 0 Å². The van der Waals surface area contributed by atoms with Gasteiger partial charge in [-0.1, -0.05) is 48.5 Å². The number of rotatable bonds is 9. The predicted octanol–water partition coefficient (Wildman–Crippen LogP) is 7.57. The van der Waals surface area contributed by atoms with Crippen molar-refractivity contribution in [2.24, 2.45) is 11.5 Å². The Hall–Kier alpha value is -2.64. The molecular weight excluding hydrogens is 580 g/mol. The molecule has 0 saturated heterocycles. The van der Waals surface area contributed by atoms with Gasteiger partial charge in [0, 0.05) is 13.1 Å². The van der Waals surface area contributed by atoms with Crippen LogP contribution in [-0.2, 0) is 26.3 Å². The Labute approximate surface area is 229 Å². The van der Waals surface area contributed by atoms with E-state index in [0.29, 0.717) is 26.3 Å². The van der Waals surface area contributed by atoms with Crippen molar-refractivity contribution in [1.29, 1.82) is 0 Å². The van der Waals surface area contributed by atoms with Gasteiger partial charge < -0.3 is 20.9 Å². The van der Waals surface area contributed by atoms with E-state index in [9.17, 15) is 0 Å². The molecule has 4 nitrogen and oxygen atoms in total. The molecule has 0 fully saturated rings. The van der Waals surface area contributed by atoms with E-state index in [2.05, 4.69) is 82.1 Å². The van der Waals surface area contributed by atoms with Gasteiger partial charge in [0.2, 0.25) is 0 Å². The summed E-state index contributed by atoms with van der Waals surface area (Å²) in [7, 11) is 0. The lowest BCUT2D eigenvalue weighted by Crippen LogP contribution is -2.03. The quantitative estimate of drug-likeness (QED) is 0.205. The van der Waals surface area contributed by atoms with Crippen molar-refractivity contribution in [3.63, 3.8) is 0 Å². The van der Waals surface area contributed by atoms with Gasteiger partial charge in [0.1, 0.15) is 24.7 Å². The minimum Gasteiger partial charge on any atom is -0.488 e. The standard InChI is InChI=1S/C30H30Br2N2O2/c1-19-23(17-35-29-11-9-21(15-33)13-27(29)31)5-3-7-25(19)26-8-4-6-24(20(26)2)18-36-30-12-10-22(16-34)14-28(30)32/h3-14H,15-18,33-34H2,1-2H3. The van der Waals surface area contributed by atoms with Gasteiger partial charge in [0.25, 0.3) is 0 Å². The number of hydrogen-bond donors (Lipinski definition) is 2. The summed E-state index contributed by atoms with van der Waals surface area (Å²) >= 11 is 7.18. The molecule has 6 heteroatoms. The summed E-state index contributed by atoms with van der Waals surface area (Å²) < 4.78 is 14.1. The molecule has 0 aromatic heterocycles. The van der Waals surface area contributed by atoms with Crippen LogP contribution in [0.2, 0.25) is 0 Å². The zero-order valence-electron chi connectivity index (χ0n) is 20.5. The molecule has 0 amide bonds. The maximum absolute atomic E-state index is 6.14. The number of halogens is 2. The summed E-state index contributed by atoms with van der Waals surface area (Å²) in [6, 6.07) is 24.6. The first kappa shape index (κ1) is 26.4. The van der Waals surface area contributed by atoms with Crippen molar-refractivity contribution >= 4 is 31.9 Å². The number of hydrogen-bond acceptors (Lipinski definition) is 4. The number of ether oxygens (including phenoxy) is 2. The van der Waals surface area contributed by atoms with Crippen molar-refractivity contribution in [1.82, 2.24) is 0 Å². The highest BCUT2D eigenvalue weighted by molar-refractivity contribution is 9.10. The zero-order valence-corrected chi connectivity index (χ0v) is 23.7. The highest BCUT2D eigenvalue weighted by Gasteiger charge is 2.13. The van der Waals surface area contributed by atoms with Crippen LogP contribution in [0.1, 0.15) is 33.4 Å². The molecule has 0 atom stereocenters. The second-order valence-corrected chi connectivity index (χ2v) is 10.4. The first-order valence-corrected chi connectivity index (χ1v) is 13.4. The molecule has 186 valence electrons. The summed E-state index contributed by atoms with van der Waals surface area (Å²) in [5.41, 5.74) is 20.7. The van der Waals surface area contributed by atoms with E-state index in [4.69, 9.17) is 20.9 Å². The lowest BCUT2D eigenvalue weighted by atomic mass is 9.92. The second kappa shape index (κ2) is 12.1. The molecule has 4 aromatic carbocycles. The lowest BCUT2D eigenvalue weighted by Gasteiger charge is -2.17. The minimum atomic E-state index is 0.481. The Morgan fingerprint density at radius 2 is 1.03 bits per heavy atom. The summed E-state index contributed by atoms with van der Waals surface area (Å²) in [4.78, 5) is 0. The van der Waals surface area contributed by atoms with Crippen LogP contribution in [0.25, 0.3) is 11.1 Å². The van der Waals surface area contributed by atoms with E-state index in [1.807, 2.05) is 36.4 Å². The van der Waals surface area contributed by atoms with Crippen LogP contribution in [0.3, 0.4) is 0 Å². The van der Waals surface area contributed by atoms with Crippen LogP contribution in [-0.4, -0.2) is 0 Å². The zero-order chi connectivity index (χ0) is 25.7. The molecule has 0 unspecified atom stereocenters. The van der Waals surface area contributed by atoms with Crippen molar-refractivity contribution in [3.8, 4) is 22.6 Å². The van der Waals surface area contributed by atoms with Crippen molar-refractivity contribution in [2.75, 3.05) is 0 Å². The largest absolute Gasteiger partial charge is 0.488 e. The van der Waals surface area contributed by atoms with Gasteiger partial charge in [0.05, 0.1) is 8.95 Å². The second-order valence-electron chi connectivity index (χ2n) is 8.69. The van der Waals surface area contributed by atoms with Crippen molar-refractivity contribution in [3.05, 3.63) is 115 Å². The molecule has 0 saturated carbocycles. The molecular formula is C30H30Br2N2O2. The molecule has 36 heavy (non-hydrogen) atoms. The van der Waals surface area contributed by atoms with Crippen LogP contribution in [0, 0.1) is 13.8 Å². The van der Waals surface area contributed by atoms with E-state index in [0.717, 1.165) is 42.7 Å². The third-order valence-corrected chi connectivity index (χ3v) is 7.65. The highest BCUT2D eigenvalue weighted by Crippen LogP contribution is 2.33. The van der Waals surface area contributed by atoms with Crippen molar-refractivity contribution < 1.29 is 9.47 Å². The normalized spacial score (nSPS) is 10.9. The first-order valence-electron chi connectivity index (χ1n) is 11.8. The van der Waals surface area contributed by atoms with Crippen LogP contribution in [0.4, 0.5) is 0 Å². The Balaban J connectivity index is 1.53. The van der Waals surface area contributed by atoms with Crippen LogP contribution < -0.4 is 20.9 Å². The lowest BCUT2D eigenvalue weighted by molar-refractivity contribution is 0.303. The first-order chi connectivity index (χ1) is 17.4. The Kier molecular flexibility index (Phi) is 8.86. The van der Waals surface area contributed by atoms with E-state index >= 15 is 0 Å². The van der Waals surface area contributed by atoms with Crippen LogP contribution in [0.15, 0.2) is 81.7 Å².